The van der Waals surface area contributed by atoms with Gasteiger partial charge < -0.3 is 0 Å². The Labute approximate surface area is 186 Å². The van der Waals surface area contributed by atoms with E-state index in [0.29, 0.717) is 5.90 Å². The van der Waals surface area contributed by atoms with E-state index in [1.54, 1.807) is 0 Å². The molecule has 0 amide bonds. The molecule has 4 aromatic rings. The van der Waals surface area contributed by atoms with Crippen LogP contribution in [-0.4, -0.2) is 26.8 Å². The average Bonchev–Trinajstić information content (AvgIpc) is 2.84. The van der Waals surface area contributed by atoms with E-state index >= 15 is 0 Å². The molecule has 0 unspecified atom stereocenters. The SMILES string of the molecule is c1ccc([Te]/C(=C2\OC(c3ccccc3)=Nc3ccccc32)c2ccccc2)cc1. The van der Waals surface area contributed by atoms with Crippen molar-refractivity contribution in [3.05, 3.63) is 132 Å². The first-order valence-electron chi connectivity index (χ1n) is 9.82. The summed E-state index contributed by atoms with van der Waals surface area (Å²) >= 11 is -0.683. The maximum absolute atomic E-state index is 6.55. The molecule has 1 aliphatic heterocycles. The van der Waals surface area contributed by atoms with Crippen molar-refractivity contribution in [3.8, 4) is 0 Å². The molecule has 144 valence electrons. The van der Waals surface area contributed by atoms with Crippen molar-refractivity contribution in [2.24, 2.45) is 4.99 Å². The fourth-order valence-corrected chi connectivity index (χ4v) is 6.28. The zero-order chi connectivity index (χ0) is 20.2. The molecule has 4 aromatic carbocycles. The van der Waals surface area contributed by atoms with E-state index in [9.17, 15) is 0 Å². The number of benzene rings is 4. The molecule has 3 heteroatoms. The molecule has 1 aliphatic rings. The molecule has 0 aromatic heterocycles. The van der Waals surface area contributed by atoms with Gasteiger partial charge in [0, 0.05) is 0 Å². The van der Waals surface area contributed by atoms with Gasteiger partial charge in [-0.15, -0.1) is 0 Å². The second-order valence-electron chi connectivity index (χ2n) is 6.84. The van der Waals surface area contributed by atoms with Gasteiger partial charge in [0.15, 0.2) is 0 Å². The van der Waals surface area contributed by atoms with Crippen LogP contribution in [-0.2, 0) is 4.74 Å². The third kappa shape index (κ3) is 3.96. The summed E-state index contributed by atoms with van der Waals surface area (Å²) < 4.78 is 9.20. The van der Waals surface area contributed by atoms with E-state index in [4.69, 9.17) is 9.73 Å². The number of nitrogens with zero attached hydrogens (tertiary/aromatic N) is 1. The number of fused-ring (bicyclic) bond motifs is 1. The predicted octanol–water partition coefficient (Wildman–Crippen LogP) is 5.65. The van der Waals surface area contributed by atoms with Gasteiger partial charge in [0.2, 0.25) is 0 Å². The van der Waals surface area contributed by atoms with Gasteiger partial charge in [-0.25, -0.2) is 0 Å². The van der Waals surface area contributed by atoms with E-state index in [2.05, 4.69) is 78.9 Å². The van der Waals surface area contributed by atoms with Gasteiger partial charge in [-0.05, 0) is 0 Å². The van der Waals surface area contributed by atoms with Crippen LogP contribution in [0.5, 0.6) is 0 Å². The Hall–Kier alpha value is -3.12. The van der Waals surface area contributed by atoms with Gasteiger partial charge in [0.25, 0.3) is 0 Å². The first-order chi connectivity index (χ1) is 14.9. The van der Waals surface area contributed by atoms with Crippen molar-refractivity contribution in [1.29, 1.82) is 0 Å². The van der Waals surface area contributed by atoms with Gasteiger partial charge in [-0.3, -0.25) is 0 Å². The first kappa shape index (κ1) is 18.9. The number of ether oxygens (including phenoxy) is 1. The van der Waals surface area contributed by atoms with Crippen LogP contribution in [0, 0.1) is 0 Å². The zero-order valence-electron chi connectivity index (χ0n) is 16.2. The van der Waals surface area contributed by atoms with Crippen LogP contribution in [0.2, 0.25) is 0 Å². The Morgan fingerprint density at radius 1 is 0.633 bits per heavy atom. The van der Waals surface area contributed by atoms with Crippen molar-refractivity contribution in [2.75, 3.05) is 0 Å². The minimum atomic E-state index is -0.683. The van der Waals surface area contributed by atoms with Gasteiger partial charge >= 0.3 is 187 Å². The molecule has 0 saturated heterocycles. The second kappa shape index (κ2) is 8.71. The van der Waals surface area contributed by atoms with E-state index in [0.717, 1.165) is 22.6 Å². The molecule has 0 bridgehead atoms. The van der Waals surface area contributed by atoms with Crippen LogP contribution in [0.3, 0.4) is 0 Å². The summed E-state index contributed by atoms with van der Waals surface area (Å²) in [6.07, 6.45) is 0. The summed E-state index contributed by atoms with van der Waals surface area (Å²) in [7, 11) is 0. The van der Waals surface area contributed by atoms with Crippen molar-refractivity contribution in [2.45, 2.75) is 0 Å². The van der Waals surface area contributed by atoms with Gasteiger partial charge in [-0.2, -0.15) is 0 Å². The molecule has 2 nitrogen and oxygen atoms in total. The summed E-state index contributed by atoms with van der Waals surface area (Å²) in [5, 5.41) is 0. The Morgan fingerprint density at radius 3 is 1.97 bits per heavy atom. The molecular formula is C27H19NOTe. The fourth-order valence-electron chi connectivity index (χ4n) is 3.35. The predicted molar refractivity (Wildman–Crippen MR) is 125 cm³/mol. The third-order valence-corrected chi connectivity index (χ3v) is 8.03. The quantitative estimate of drug-likeness (QED) is 0.332. The van der Waals surface area contributed by atoms with Gasteiger partial charge in [0.1, 0.15) is 0 Å². The zero-order valence-corrected chi connectivity index (χ0v) is 18.6. The Bertz CT molecular complexity index is 1220. The first-order valence-corrected chi connectivity index (χ1v) is 12.2. The molecule has 0 aliphatic carbocycles. The van der Waals surface area contributed by atoms with Crippen molar-refractivity contribution >= 4 is 45.5 Å². The van der Waals surface area contributed by atoms with E-state index in [-0.39, 0.29) is 0 Å². The Kier molecular flexibility index (Phi) is 5.48. The van der Waals surface area contributed by atoms with Crippen LogP contribution in [0.4, 0.5) is 5.69 Å². The van der Waals surface area contributed by atoms with Crippen LogP contribution in [0.15, 0.2) is 120 Å². The number of hydrogen-bond donors (Lipinski definition) is 0. The van der Waals surface area contributed by atoms with Gasteiger partial charge in [-0.1, -0.05) is 0 Å². The van der Waals surface area contributed by atoms with E-state index in [1.165, 1.54) is 12.8 Å². The van der Waals surface area contributed by atoms with Crippen LogP contribution in [0.1, 0.15) is 16.7 Å². The number of aliphatic imine (C=N–C) groups is 1. The maximum atomic E-state index is 6.55. The third-order valence-electron chi connectivity index (χ3n) is 4.80. The fraction of sp³-hybridized carbons (Fsp3) is 0. The average molecular weight is 501 g/mol. The van der Waals surface area contributed by atoms with Gasteiger partial charge in [0.05, 0.1) is 0 Å². The Balaban J connectivity index is 1.71. The normalized spacial score (nSPS) is 14.3. The topological polar surface area (TPSA) is 21.6 Å². The molecule has 1 heterocycles. The second-order valence-corrected chi connectivity index (χ2v) is 9.93. The molecule has 5 rings (SSSR count). The van der Waals surface area contributed by atoms with Crippen molar-refractivity contribution in [1.82, 2.24) is 0 Å². The van der Waals surface area contributed by atoms with E-state index in [1.807, 2.05) is 36.4 Å². The molecule has 0 fully saturated rings. The number of hydrogen-bond acceptors (Lipinski definition) is 2. The summed E-state index contributed by atoms with van der Waals surface area (Å²) in [4.78, 5) is 4.82. The number of rotatable bonds is 4. The van der Waals surface area contributed by atoms with Crippen LogP contribution < -0.4 is 3.61 Å². The van der Waals surface area contributed by atoms with Crippen LogP contribution in [0.25, 0.3) is 9.38 Å². The Morgan fingerprint density at radius 2 is 1.23 bits per heavy atom. The minimum absolute atomic E-state index is 0.651. The molecular weight excluding hydrogens is 482 g/mol. The number of para-hydroxylation sites is 1. The van der Waals surface area contributed by atoms with Crippen molar-refractivity contribution < 1.29 is 4.74 Å². The molecule has 30 heavy (non-hydrogen) atoms. The molecule has 0 spiro atoms. The molecule has 0 radical (unpaired) electrons. The monoisotopic (exact) mass is 503 g/mol. The van der Waals surface area contributed by atoms with E-state index < -0.39 is 20.9 Å². The summed E-state index contributed by atoms with van der Waals surface area (Å²) in [6, 6.07) is 39.7. The van der Waals surface area contributed by atoms with Crippen LogP contribution >= 0.6 is 0 Å². The summed E-state index contributed by atoms with van der Waals surface area (Å²) in [5.41, 5.74) is 4.20. The molecule has 0 N–H and O–H groups in total. The summed E-state index contributed by atoms with van der Waals surface area (Å²) in [6.45, 7) is 0. The molecule has 0 saturated carbocycles. The standard InChI is InChI=1S/C27H19NOTe/c1-4-12-20(13-5-1)26(30-22-16-8-3-9-17-22)25-23-18-10-11-19-24(23)28-27(29-25)21-14-6-2-7-15-21/h1-19H/b26-25-. The molecule has 0 atom stereocenters. The summed E-state index contributed by atoms with van der Waals surface area (Å²) in [5.74, 6) is 1.58. The van der Waals surface area contributed by atoms with Crippen molar-refractivity contribution in [3.63, 3.8) is 0 Å².